The number of benzene rings is 1. The van der Waals surface area contributed by atoms with E-state index in [4.69, 9.17) is 5.73 Å². The highest BCUT2D eigenvalue weighted by Crippen LogP contribution is 2.31. The van der Waals surface area contributed by atoms with Crippen LogP contribution in [0, 0.1) is 6.92 Å². The molecule has 1 aromatic carbocycles. The Kier molecular flexibility index (Phi) is 3.32. The molecule has 0 atom stereocenters. The van der Waals surface area contributed by atoms with E-state index in [1.54, 1.807) is 11.3 Å². The lowest BCUT2D eigenvalue weighted by molar-refractivity contribution is 0.946. The van der Waals surface area contributed by atoms with Crippen LogP contribution in [0.15, 0.2) is 41.9 Å². The Morgan fingerprint density at radius 2 is 2.10 bits per heavy atom. The standard InChI is InChI=1S/C16H17N3S/c1-11-8-13-14(9-18-11)15(17)5-6-16(13)19(2)10-12-4-3-7-20-12/h3-9H,10,17H2,1-2H3. The van der Waals surface area contributed by atoms with Gasteiger partial charge in [0.15, 0.2) is 0 Å². The number of anilines is 2. The Balaban J connectivity index is 2.06. The average Bonchev–Trinajstić information content (AvgIpc) is 2.91. The molecule has 0 amide bonds. The second kappa shape index (κ2) is 5.13. The highest BCUT2D eigenvalue weighted by Gasteiger charge is 2.10. The molecule has 3 aromatic rings. The summed E-state index contributed by atoms with van der Waals surface area (Å²) in [6.45, 7) is 2.91. The van der Waals surface area contributed by atoms with Crippen molar-refractivity contribution in [3.8, 4) is 0 Å². The van der Waals surface area contributed by atoms with Crippen molar-refractivity contribution in [1.82, 2.24) is 4.98 Å². The number of thiophene rings is 1. The molecular weight excluding hydrogens is 266 g/mol. The van der Waals surface area contributed by atoms with Gasteiger partial charge in [0.25, 0.3) is 0 Å². The van der Waals surface area contributed by atoms with E-state index >= 15 is 0 Å². The molecule has 2 N–H and O–H groups in total. The van der Waals surface area contributed by atoms with Gasteiger partial charge in [-0.1, -0.05) is 6.07 Å². The summed E-state index contributed by atoms with van der Waals surface area (Å²) in [6, 6.07) is 10.4. The van der Waals surface area contributed by atoms with Crippen molar-refractivity contribution in [2.24, 2.45) is 0 Å². The number of rotatable bonds is 3. The Hall–Kier alpha value is -2.07. The maximum atomic E-state index is 6.05. The molecule has 0 spiro atoms. The first-order valence-corrected chi connectivity index (χ1v) is 7.41. The number of aromatic nitrogens is 1. The number of aryl methyl sites for hydroxylation is 1. The molecule has 4 heteroatoms. The van der Waals surface area contributed by atoms with Crippen LogP contribution in [0.25, 0.3) is 10.8 Å². The minimum Gasteiger partial charge on any atom is -0.398 e. The molecule has 2 aromatic heterocycles. The average molecular weight is 283 g/mol. The van der Waals surface area contributed by atoms with Gasteiger partial charge in [-0.3, -0.25) is 4.98 Å². The summed E-state index contributed by atoms with van der Waals surface area (Å²) in [5.41, 5.74) is 9.03. The normalized spacial score (nSPS) is 10.9. The molecule has 0 radical (unpaired) electrons. The summed E-state index contributed by atoms with van der Waals surface area (Å²) in [5.74, 6) is 0. The van der Waals surface area contributed by atoms with Crippen LogP contribution < -0.4 is 10.6 Å². The predicted octanol–water partition coefficient (Wildman–Crippen LogP) is 3.82. The number of nitrogens with two attached hydrogens (primary N) is 1. The first-order chi connectivity index (χ1) is 9.65. The van der Waals surface area contributed by atoms with E-state index in [1.807, 2.05) is 19.2 Å². The zero-order valence-corrected chi connectivity index (χ0v) is 12.4. The molecular formula is C16H17N3S. The second-order valence-corrected chi connectivity index (χ2v) is 6.01. The lowest BCUT2D eigenvalue weighted by Gasteiger charge is -2.21. The van der Waals surface area contributed by atoms with Crippen molar-refractivity contribution in [2.45, 2.75) is 13.5 Å². The molecule has 0 aliphatic rings. The molecule has 0 aliphatic heterocycles. The molecule has 0 aliphatic carbocycles. The largest absolute Gasteiger partial charge is 0.398 e. The molecule has 0 bridgehead atoms. The van der Waals surface area contributed by atoms with E-state index in [0.717, 1.165) is 28.7 Å². The molecule has 0 saturated heterocycles. The smallest absolute Gasteiger partial charge is 0.0519 e. The fourth-order valence-corrected chi connectivity index (χ4v) is 3.16. The molecule has 0 saturated carbocycles. The predicted molar refractivity (Wildman–Crippen MR) is 87.3 cm³/mol. The van der Waals surface area contributed by atoms with E-state index in [2.05, 4.69) is 46.6 Å². The topological polar surface area (TPSA) is 42.1 Å². The van der Waals surface area contributed by atoms with Crippen LogP contribution in [0.3, 0.4) is 0 Å². The Morgan fingerprint density at radius 3 is 2.85 bits per heavy atom. The van der Waals surface area contributed by atoms with Crippen molar-refractivity contribution in [2.75, 3.05) is 17.7 Å². The summed E-state index contributed by atoms with van der Waals surface area (Å²) in [5, 5.41) is 4.29. The summed E-state index contributed by atoms with van der Waals surface area (Å²) in [6.07, 6.45) is 1.86. The van der Waals surface area contributed by atoms with Crippen molar-refractivity contribution < 1.29 is 0 Å². The zero-order chi connectivity index (χ0) is 14.1. The lowest BCUT2D eigenvalue weighted by Crippen LogP contribution is -2.16. The van der Waals surface area contributed by atoms with Gasteiger partial charge in [-0.15, -0.1) is 11.3 Å². The van der Waals surface area contributed by atoms with Crippen LogP contribution >= 0.6 is 11.3 Å². The van der Waals surface area contributed by atoms with Crippen molar-refractivity contribution in [3.63, 3.8) is 0 Å². The van der Waals surface area contributed by atoms with Gasteiger partial charge in [0.1, 0.15) is 0 Å². The van der Waals surface area contributed by atoms with Crippen LogP contribution in [0.5, 0.6) is 0 Å². The van der Waals surface area contributed by atoms with Crippen LogP contribution in [-0.2, 0) is 6.54 Å². The van der Waals surface area contributed by atoms with E-state index in [0.29, 0.717) is 0 Å². The van der Waals surface area contributed by atoms with Crippen LogP contribution in [-0.4, -0.2) is 12.0 Å². The molecule has 0 fully saturated rings. The SMILES string of the molecule is Cc1cc2c(N(C)Cc3cccs3)ccc(N)c2cn1. The minimum atomic E-state index is 0.778. The summed E-state index contributed by atoms with van der Waals surface area (Å²) >= 11 is 1.78. The summed E-state index contributed by atoms with van der Waals surface area (Å²) in [4.78, 5) is 7.96. The number of nitrogens with zero attached hydrogens (tertiary/aromatic N) is 2. The molecule has 20 heavy (non-hydrogen) atoms. The molecule has 0 unspecified atom stereocenters. The van der Waals surface area contributed by atoms with Gasteiger partial charge in [0.05, 0.1) is 6.54 Å². The van der Waals surface area contributed by atoms with Gasteiger partial charge in [-0.05, 0) is 36.6 Å². The quantitative estimate of drug-likeness (QED) is 0.743. The first kappa shape index (κ1) is 12.9. The van der Waals surface area contributed by atoms with Gasteiger partial charge >= 0.3 is 0 Å². The Labute approximate surface area is 122 Å². The highest BCUT2D eigenvalue weighted by molar-refractivity contribution is 7.09. The molecule has 102 valence electrons. The van der Waals surface area contributed by atoms with Gasteiger partial charge in [-0.2, -0.15) is 0 Å². The van der Waals surface area contributed by atoms with Gasteiger partial charge < -0.3 is 10.6 Å². The van der Waals surface area contributed by atoms with Crippen molar-refractivity contribution in [1.29, 1.82) is 0 Å². The monoisotopic (exact) mass is 283 g/mol. The Bertz CT molecular complexity index is 735. The van der Waals surface area contributed by atoms with Crippen LogP contribution in [0.1, 0.15) is 10.6 Å². The van der Waals surface area contributed by atoms with E-state index in [-0.39, 0.29) is 0 Å². The molecule has 3 rings (SSSR count). The highest BCUT2D eigenvalue weighted by atomic mass is 32.1. The number of hydrogen-bond donors (Lipinski definition) is 1. The van der Waals surface area contributed by atoms with Crippen LogP contribution in [0.4, 0.5) is 11.4 Å². The maximum absolute atomic E-state index is 6.05. The molecule has 2 heterocycles. The summed E-state index contributed by atoms with van der Waals surface area (Å²) in [7, 11) is 2.11. The van der Waals surface area contributed by atoms with E-state index < -0.39 is 0 Å². The third kappa shape index (κ3) is 2.34. The van der Waals surface area contributed by atoms with Crippen molar-refractivity contribution in [3.05, 3.63) is 52.5 Å². The zero-order valence-electron chi connectivity index (χ0n) is 11.6. The lowest BCUT2D eigenvalue weighted by atomic mass is 10.1. The third-order valence-corrected chi connectivity index (χ3v) is 4.29. The van der Waals surface area contributed by atoms with Gasteiger partial charge in [0.2, 0.25) is 0 Å². The van der Waals surface area contributed by atoms with E-state index in [1.165, 1.54) is 10.6 Å². The second-order valence-electron chi connectivity index (χ2n) is 4.98. The number of fused-ring (bicyclic) bond motifs is 1. The number of nitrogen functional groups attached to an aromatic ring is 1. The van der Waals surface area contributed by atoms with Gasteiger partial charge in [0, 0.05) is 46.0 Å². The molecule has 3 nitrogen and oxygen atoms in total. The van der Waals surface area contributed by atoms with Gasteiger partial charge in [-0.25, -0.2) is 0 Å². The minimum absolute atomic E-state index is 0.778. The summed E-state index contributed by atoms with van der Waals surface area (Å²) < 4.78 is 0. The van der Waals surface area contributed by atoms with E-state index in [9.17, 15) is 0 Å². The van der Waals surface area contributed by atoms with Crippen molar-refractivity contribution >= 4 is 33.5 Å². The number of pyridine rings is 1. The first-order valence-electron chi connectivity index (χ1n) is 6.53. The fraction of sp³-hybridized carbons (Fsp3) is 0.188. The maximum Gasteiger partial charge on any atom is 0.0519 e. The fourth-order valence-electron chi connectivity index (χ4n) is 2.40. The Morgan fingerprint density at radius 1 is 1.25 bits per heavy atom. The van der Waals surface area contributed by atoms with Crippen LogP contribution in [0.2, 0.25) is 0 Å². The number of hydrogen-bond acceptors (Lipinski definition) is 4. The third-order valence-electron chi connectivity index (χ3n) is 3.43.